The van der Waals surface area contributed by atoms with Gasteiger partial charge in [0.2, 0.25) is 0 Å². The fourth-order valence-corrected chi connectivity index (χ4v) is 6.63. The topological polar surface area (TPSA) is 43.6 Å². The first kappa shape index (κ1) is 21.6. The second kappa shape index (κ2) is 8.08. The average molecular weight is 511 g/mol. The molecule has 9 rings (SSSR count). The van der Waals surface area contributed by atoms with Gasteiger partial charge in [-0.2, -0.15) is 0 Å². The second-order valence-electron chi connectivity index (χ2n) is 10.5. The van der Waals surface area contributed by atoms with Crippen LogP contribution in [0.5, 0.6) is 0 Å². The average Bonchev–Trinajstić information content (AvgIpc) is 3.35. The van der Waals surface area contributed by atoms with E-state index < -0.39 is 0 Å². The molecule has 0 aliphatic heterocycles. The molecule has 0 spiro atoms. The molecule has 0 fully saturated rings. The van der Waals surface area contributed by atoms with Crippen LogP contribution in [0.1, 0.15) is 11.1 Å². The Morgan fingerprint density at radius 1 is 0.625 bits per heavy atom. The van der Waals surface area contributed by atoms with E-state index in [0.717, 1.165) is 45.2 Å². The molecule has 40 heavy (non-hydrogen) atoms. The Labute approximate surface area is 229 Å². The maximum atomic E-state index is 5.03. The summed E-state index contributed by atoms with van der Waals surface area (Å²) < 4.78 is 2.37. The molecule has 0 N–H and O–H groups in total. The van der Waals surface area contributed by atoms with E-state index in [1.54, 1.807) is 0 Å². The molecule has 4 nitrogen and oxygen atoms in total. The highest BCUT2D eigenvalue weighted by atomic mass is 15.0. The van der Waals surface area contributed by atoms with Gasteiger partial charge < -0.3 is 4.57 Å². The van der Waals surface area contributed by atoms with Crippen molar-refractivity contribution in [3.63, 3.8) is 0 Å². The molecule has 8 aromatic rings. The highest BCUT2D eigenvalue weighted by Gasteiger charge is 2.20. The monoisotopic (exact) mass is 510 g/mol. The minimum Gasteiger partial charge on any atom is -0.308 e. The lowest BCUT2D eigenvalue weighted by atomic mass is 9.90. The second-order valence-corrected chi connectivity index (χ2v) is 10.5. The number of hydrogen-bond acceptors (Lipinski definition) is 3. The molecular formula is C36H22N4. The number of hydrogen-bond donors (Lipinski definition) is 0. The molecule has 4 heteroatoms. The summed E-state index contributed by atoms with van der Waals surface area (Å²) in [6.45, 7) is 0. The van der Waals surface area contributed by atoms with Crippen LogP contribution >= 0.6 is 0 Å². The Balaban J connectivity index is 1.29. The van der Waals surface area contributed by atoms with Gasteiger partial charge in [0.1, 0.15) is 0 Å². The summed E-state index contributed by atoms with van der Waals surface area (Å²) in [5.74, 6) is 0. The number of benzene rings is 4. The largest absolute Gasteiger partial charge is 0.308 e. The van der Waals surface area contributed by atoms with Crippen LogP contribution in [0.2, 0.25) is 0 Å². The number of aromatic nitrogens is 4. The maximum absolute atomic E-state index is 5.03. The van der Waals surface area contributed by atoms with Crippen molar-refractivity contribution >= 4 is 60.5 Å². The SMILES string of the molecule is C1=Cc2cccc3cc4c(c(c23)C1)c1ccccc1n4-c1ccc(-c2cc3cccnc3c3ncccc23)nc1. The Kier molecular flexibility index (Phi) is 4.35. The van der Waals surface area contributed by atoms with Crippen molar-refractivity contribution in [1.82, 2.24) is 19.5 Å². The van der Waals surface area contributed by atoms with Crippen LogP contribution in [0.25, 0.3) is 77.4 Å². The lowest BCUT2D eigenvalue weighted by molar-refractivity contribution is 1.14. The van der Waals surface area contributed by atoms with Crippen LogP contribution in [0.15, 0.2) is 116 Å². The van der Waals surface area contributed by atoms with E-state index in [9.17, 15) is 0 Å². The van der Waals surface area contributed by atoms with E-state index in [2.05, 4.69) is 106 Å². The summed E-state index contributed by atoms with van der Waals surface area (Å²) in [7, 11) is 0. The third-order valence-corrected chi connectivity index (χ3v) is 8.30. The van der Waals surface area contributed by atoms with Gasteiger partial charge in [-0.25, -0.2) is 0 Å². The van der Waals surface area contributed by atoms with E-state index in [-0.39, 0.29) is 0 Å². The molecular weight excluding hydrogens is 488 g/mol. The minimum atomic E-state index is 0.901. The fraction of sp³-hybridized carbons (Fsp3) is 0.0278. The van der Waals surface area contributed by atoms with Gasteiger partial charge in [-0.1, -0.05) is 60.7 Å². The number of fused-ring (bicyclic) bond motifs is 7. The zero-order valence-electron chi connectivity index (χ0n) is 21.5. The molecule has 186 valence electrons. The first-order valence-corrected chi connectivity index (χ1v) is 13.6. The van der Waals surface area contributed by atoms with Gasteiger partial charge in [-0.15, -0.1) is 0 Å². The summed E-state index contributed by atoms with van der Waals surface area (Å²) in [5, 5.41) is 7.39. The van der Waals surface area contributed by atoms with Crippen LogP contribution in [0, 0.1) is 0 Å². The van der Waals surface area contributed by atoms with E-state index in [1.165, 1.54) is 43.7 Å². The number of nitrogens with zero attached hydrogens (tertiary/aromatic N) is 4. The summed E-state index contributed by atoms with van der Waals surface area (Å²) in [5.41, 5.74) is 9.98. The van der Waals surface area contributed by atoms with Crippen LogP contribution in [-0.4, -0.2) is 19.5 Å². The van der Waals surface area contributed by atoms with Crippen LogP contribution in [0.3, 0.4) is 0 Å². The predicted molar refractivity (Wildman–Crippen MR) is 165 cm³/mol. The van der Waals surface area contributed by atoms with Crippen LogP contribution in [-0.2, 0) is 6.42 Å². The third kappa shape index (κ3) is 2.93. The van der Waals surface area contributed by atoms with Gasteiger partial charge in [-0.3, -0.25) is 15.0 Å². The van der Waals surface area contributed by atoms with Gasteiger partial charge in [0.15, 0.2) is 0 Å². The van der Waals surface area contributed by atoms with Crippen molar-refractivity contribution in [2.75, 3.05) is 0 Å². The van der Waals surface area contributed by atoms with E-state index in [4.69, 9.17) is 4.98 Å². The molecule has 4 aromatic heterocycles. The molecule has 0 saturated heterocycles. The summed E-state index contributed by atoms with van der Waals surface area (Å²) in [6.07, 6.45) is 11.1. The van der Waals surface area contributed by atoms with Gasteiger partial charge in [-0.05, 0) is 70.8 Å². The van der Waals surface area contributed by atoms with Crippen molar-refractivity contribution in [2.45, 2.75) is 6.42 Å². The van der Waals surface area contributed by atoms with Gasteiger partial charge in [0.05, 0.1) is 39.6 Å². The molecule has 1 aliphatic rings. The van der Waals surface area contributed by atoms with Gasteiger partial charge in [0, 0.05) is 39.5 Å². The highest BCUT2D eigenvalue weighted by Crippen LogP contribution is 2.41. The predicted octanol–water partition coefficient (Wildman–Crippen LogP) is 8.66. The van der Waals surface area contributed by atoms with Crippen LogP contribution < -0.4 is 0 Å². The van der Waals surface area contributed by atoms with Gasteiger partial charge in [0.25, 0.3) is 0 Å². The molecule has 1 aliphatic carbocycles. The molecule has 0 atom stereocenters. The lowest BCUT2D eigenvalue weighted by Gasteiger charge is -2.15. The Morgan fingerprint density at radius 3 is 2.40 bits per heavy atom. The van der Waals surface area contributed by atoms with Crippen molar-refractivity contribution in [2.24, 2.45) is 0 Å². The first-order valence-electron chi connectivity index (χ1n) is 13.6. The molecule has 4 heterocycles. The lowest BCUT2D eigenvalue weighted by Crippen LogP contribution is -1.98. The third-order valence-electron chi connectivity index (χ3n) is 8.30. The zero-order chi connectivity index (χ0) is 26.2. The van der Waals surface area contributed by atoms with E-state index in [0.29, 0.717) is 0 Å². The molecule has 4 aromatic carbocycles. The molecule has 0 unspecified atom stereocenters. The molecule has 0 bridgehead atoms. The van der Waals surface area contributed by atoms with Crippen molar-refractivity contribution < 1.29 is 0 Å². The summed E-state index contributed by atoms with van der Waals surface area (Å²) in [4.78, 5) is 14.3. The molecule has 0 saturated carbocycles. The Hall–Kier alpha value is -5.35. The molecule has 0 amide bonds. The number of para-hydroxylation sites is 1. The van der Waals surface area contributed by atoms with Crippen molar-refractivity contribution in [3.05, 3.63) is 127 Å². The number of rotatable bonds is 2. The molecule has 0 radical (unpaired) electrons. The quantitative estimate of drug-likeness (QED) is 0.219. The Morgan fingerprint density at radius 2 is 1.48 bits per heavy atom. The number of pyridine rings is 3. The van der Waals surface area contributed by atoms with Gasteiger partial charge >= 0.3 is 0 Å². The summed E-state index contributed by atoms with van der Waals surface area (Å²) >= 11 is 0. The fourth-order valence-electron chi connectivity index (χ4n) is 6.63. The highest BCUT2D eigenvalue weighted by molar-refractivity contribution is 6.18. The van der Waals surface area contributed by atoms with E-state index >= 15 is 0 Å². The van der Waals surface area contributed by atoms with Crippen LogP contribution in [0.4, 0.5) is 0 Å². The van der Waals surface area contributed by atoms with Crippen molar-refractivity contribution in [1.29, 1.82) is 0 Å². The maximum Gasteiger partial charge on any atom is 0.0971 e. The standard InChI is InChI=1S/C36H22N4/c1-2-14-31-27(11-1)34-28-12-4-8-22-7-3-9-23(33(22)28)20-32(34)40(31)25-15-16-30(39-21-25)29-19-24-10-5-17-37-35(24)36-26(29)13-6-18-38-36/h1-11,13-21H,12H2. The number of allylic oxidation sites excluding steroid dienone is 1. The van der Waals surface area contributed by atoms with Crippen molar-refractivity contribution in [3.8, 4) is 16.9 Å². The zero-order valence-corrected chi connectivity index (χ0v) is 21.5. The normalized spacial score (nSPS) is 12.8. The van der Waals surface area contributed by atoms with E-state index in [1.807, 2.05) is 30.7 Å². The minimum absolute atomic E-state index is 0.901. The Bertz CT molecular complexity index is 2340. The summed E-state index contributed by atoms with van der Waals surface area (Å²) in [6, 6.07) is 32.3. The smallest absolute Gasteiger partial charge is 0.0971 e. The first-order chi connectivity index (χ1) is 19.8.